The predicted molar refractivity (Wildman–Crippen MR) is 65.4 cm³/mol. The van der Waals surface area contributed by atoms with Crippen LogP contribution < -0.4 is 4.74 Å². The summed E-state index contributed by atoms with van der Waals surface area (Å²) >= 11 is 0. The van der Waals surface area contributed by atoms with E-state index in [9.17, 15) is 4.79 Å². The highest BCUT2D eigenvalue weighted by molar-refractivity contribution is 6.10. The Kier molecular flexibility index (Phi) is 3.35. The van der Waals surface area contributed by atoms with E-state index in [1.54, 1.807) is 42.6 Å². The third kappa shape index (κ3) is 2.20. The number of ketones is 1. The van der Waals surface area contributed by atoms with Gasteiger partial charge in [-0.3, -0.25) is 4.79 Å². The van der Waals surface area contributed by atoms with Crippen molar-refractivity contribution in [1.82, 2.24) is 4.98 Å². The topological polar surface area (TPSA) is 63.0 Å². The molecule has 4 nitrogen and oxygen atoms in total. The van der Waals surface area contributed by atoms with E-state index in [0.717, 1.165) is 0 Å². The molecule has 1 aromatic heterocycles. The van der Waals surface area contributed by atoms with E-state index < -0.39 is 0 Å². The first-order chi connectivity index (χ1) is 8.76. The van der Waals surface area contributed by atoms with E-state index >= 15 is 0 Å². The first-order valence-electron chi connectivity index (χ1n) is 5.30. The summed E-state index contributed by atoms with van der Waals surface area (Å²) in [5, 5.41) is 8.70. The fourth-order valence-electron chi connectivity index (χ4n) is 1.58. The average molecular weight is 238 g/mol. The number of carbonyl (C=O) groups excluding carboxylic acids is 1. The standard InChI is InChI=1S/C14H10N2O2/c1-18-14-12(3-2-8-16-14)13(17)11-6-4-10(9-15)5-7-11/h2-8H,1H3. The minimum atomic E-state index is -0.176. The van der Waals surface area contributed by atoms with Crippen molar-refractivity contribution in [3.8, 4) is 11.9 Å². The Morgan fingerprint density at radius 2 is 2.00 bits per heavy atom. The van der Waals surface area contributed by atoms with Crippen molar-refractivity contribution in [2.75, 3.05) is 7.11 Å². The van der Waals surface area contributed by atoms with Crippen LogP contribution in [0.15, 0.2) is 42.6 Å². The molecule has 0 unspecified atom stereocenters. The number of hydrogen-bond donors (Lipinski definition) is 0. The number of ether oxygens (including phenoxy) is 1. The second-order valence-corrected chi connectivity index (χ2v) is 3.58. The van der Waals surface area contributed by atoms with E-state index in [1.807, 2.05) is 6.07 Å². The van der Waals surface area contributed by atoms with E-state index in [-0.39, 0.29) is 5.78 Å². The zero-order valence-corrected chi connectivity index (χ0v) is 9.75. The Morgan fingerprint density at radius 1 is 1.28 bits per heavy atom. The molecule has 0 atom stereocenters. The molecule has 0 saturated heterocycles. The molecule has 0 aliphatic rings. The summed E-state index contributed by atoms with van der Waals surface area (Å²) in [4.78, 5) is 16.2. The molecule has 88 valence electrons. The van der Waals surface area contributed by atoms with Crippen LogP contribution in [0.5, 0.6) is 5.88 Å². The minimum Gasteiger partial charge on any atom is -0.480 e. The van der Waals surface area contributed by atoms with Crippen LogP contribution in [0, 0.1) is 11.3 Å². The van der Waals surface area contributed by atoms with Gasteiger partial charge in [0.15, 0.2) is 5.78 Å². The molecular weight excluding hydrogens is 228 g/mol. The van der Waals surface area contributed by atoms with Crippen LogP contribution in [-0.4, -0.2) is 17.9 Å². The molecule has 0 aliphatic heterocycles. The Labute approximate surface area is 104 Å². The van der Waals surface area contributed by atoms with Gasteiger partial charge in [-0.25, -0.2) is 4.98 Å². The van der Waals surface area contributed by atoms with Gasteiger partial charge < -0.3 is 4.74 Å². The van der Waals surface area contributed by atoms with Crippen LogP contribution in [0.3, 0.4) is 0 Å². The number of pyridine rings is 1. The summed E-state index contributed by atoms with van der Waals surface area (Å²) in [6.45, 7) is 0. The van der Waals surface area contributed by atoms with Gasteiger partial charge in [0.25, 0.3) is 0 Å². The number of aromatic nitrogens is 1. The van der Waals surface area contributed by atoms with Gasteiger partial charge in [-0.05, 0) is 36.4 Å². The normalized spacial score (nSPS) is 9.56. The number of rotatable bonds is 3. The monoisotopic (exact) mass is 238 g/mol. The van der Waals surface area contributed by atoms with Crippen LogP contribution in [0.1, 0.15) is 21.5 Å². The Balaban J connectivity index is 2.39. The van der Waals surface area contributed by atoms with Crippen molar-refractivity contribution in [2.24, 2.45) is 0 Å². The van der Waals surface area contributed by atoms with E-state index in [4.69, 9.17) is 10.00 Å². The third-order valence-corrected chi connectivity index (χ3v) is 2.49. The van der Waals surface area contributed by atoms with Crippen LogP contribution in [0.25, 0.3) is 0 Å². The van der Waals surface area contributed by atoms with Crippen molar-refractivity contribution in [2.45, 2.75) is 0 Å². The smallest absolute Gasteiger partial charge is 0.224 e. The lowest BCUT2D eigenvalue weighted by Crippen LogP contribution is -2.05. The molecule has 0 aliphatic carbocycles. The highest BCUT2D eigenvalue weighted by Crippen LogP contribution is 2.18. The molecule has 1 aromatic carbocycles. The van der Waals surface area contributed by atoms with E-state index in [1.165, 1.54) is 7.11 Å². The molecule has 0 radical (unpaired) electrons. The summed E-state index contributed by atoms with van der Waals surface area (Å²) in [6.07, 6.45) is 1.56. The summed E-state index contributed by atoms with van der Waals surface area (Å²) in [5.74, 6) is 0.122. The first kappa shape index (κ1) is 11.8. The Hall–Kier alpha value is -2.67. The number of hydrogen-bond acceptors (Lipinski definition) is 4. The molecule has 2 aromatic rings. The Morgan fingerprint density at radius 3 is 2.61 bits per heavy atom. The van der Waals surface area contributed by atoms with Gasteiger partial charge in [0.1, 0.15) is 0 Å². The lowest BCUT2D eigenvalue weighted by Gasteiger charge is -2.05. The zero-order chi connectivity index (χ0) is 13.0. The maximum Gasteiger partial charge on any atom is 0.224 e. The van der Waals surface area contributed by atoms with Crippen molar-refractivity contribution in [3.05, 3.63) is 59.3 Å². The predicted octanol–water partition coefficient (Wildman–Crippen LogP) is 2.19. The molecule has 4 heteroatoms. The Bertz CT molecular complexity index is 612. The van der Waals surface area contributed by atoms with E-state index in [2.05, 4.69) is 4.98 Å². The number of nitriles is 1. The number of benzene rings is 1. The molecule has 0 fully saturated rings. The van der Waals surface area contributed by atoms with Gasteiger partial charge in [0, 0.05) is 11.8 Å². The summed E-state index contributed by atoms with van der Waals surface area (Å²) in [5.41, 5.74) is 1.43. The molecule has 0 bridgehead atoms. The second kappa shape index (κ2) is 5.11. The number of methoxy groups -OCH3 is 1. The van der Waals surface area contributed by atoms with Gasteiger partial charge in [0.2, 0.25) is 5.88 Å². The summed E-state index contributed by atoms with van der Waals surface area (Å²) < 4.78 is 5.05. The molecule has 2 rings (SSSR count). The average Bonchev–Trinajstić information content (AvgIpc) is 2.46. The first-order valence-corrected chi connectivity index (χ1v) is 5.30. The van der Waals surface area contributed by atoms with Crippen LogP contribution in [0.2, 0.25) is 0 Å². The van der Waals surface area contributed by atoms with E-state index in [0.29, 0.717) is 22.6 Å². The maximum atomic E-state index is 12.2. The lowest BCUT2D eigenvalue weighted by atomic mass is 10.0. The van der Waals surface area contributed by atoms with Crippen molar-refractivity contribution in [1.29, 1.82) is 5.26 Å². The second-order valence-electron chi connectivity index (χ2n) is 3.58. The molecular formula is C14H10N2O2. The molecule has 0 saturated carbocycles. The maximum absolute atomic E-state index is 12.2. The van der Waals surface area contributed by atoms with Gasteiger partial charge in [-0.15, -0.1) is 0 Å². The summed E-state index contributed by atoms with van der Waals surface area (Å²) in [6, 6.07) is 11.8. The molecule has 18 heavy (non-hydrogen) atoms. The molecule has 0 spiro atoms. The molecule has 0 N–H and O–H groups in total. The van der Waals surface area contributed by atoms with Crippen LogP contribution >= 0.6 is 0 Å². The molecule has 1 heterocycles. The third-order valence-electron chi connectivity index (χ3n) is 2.49. The fourth-order valence-corrected chi connectivity index (χ4v) is 1.58. The van der Waals surface area contributed by atoms with Crippen LogP contribution in [0.4, 0.5) is 0 Å². The zero-order valence-electron chi connectivity index (χ0n) is 9.75. The van der Waals surface area contributed by atoms with Gasteiger partial charge in [0.05, 0.1) is 24.3 Å². The van der Waals surface area contributed by atoms with Gasteiger partial charge >= 0.3 is 0 Å². The van der Waals surface area contributed by atoms with Crippen molar-refractivity contribution < 1.29 is 9.53 Å². The largest absolute Gasteiger partial charge is 0.480 e. The number of carbonyl (C=O) groups is 1. The summed E-state index contributed by atoms with van der Waals surface area (Å²) in [7, 11) is 1.47. The quantitative estimate of drug-likeness (QED) is 0.769. The highest BCUT2D eigenvalue weighted by atomic mass is 16.5. The lowest BCUT2D eigenvalue weighted by molar-refractivity contribution is 0.103. The van der Waals surface area contributed by atoms with Gasteiger partial charge in [-0.2, -0.15) is 5.26 Å². The van der Waals surface area contributed by atoms with Crippen LogP contribution in [-0.2, 0) is 0 Å². The fraction of sp³-hybridized carbons (Fsp3) is 0.0714. The van der Waals surface area contributed by atoms with Crippen molar-refractivity contribution >= 4 is 5.78 Å². The number of nitrogens with zero attached hydrogens (tertiary/aromatic N) is 2. The molecule has 0 amide bonds. The highest BCUT2D eigenvalue weighted by Gasteiger charge is 2.14. The van der Waals surface area contributed by atoms with Crippen molar-refractivity contribution in [3.63, 3.8) is 0 Å². The SMILES string of the molecule is COc1ncccc1C(=O)c1ccc(C#N)cc1. The van der Waals surface area contributed by atoms with Gasteiger partial charge in [-0.1, -0.05) is 0 Å². The minimum absolute atomic E-state index is 0.176.